The maximum atomic E-state index is 12.5. The average molecular weight is 400 g/mol. The van der Waals surface area contributed by atoms with Gasteiger partial charge in [0.15, 0.2) is 0 Å². The summed E-state index contributed by atoms with van der Waals surface area (Å²) in [6.07, 6.45) is 5.28. The van der Waals surface area contributed by atoms with Gasteiger partial charge in [0.25, 0.3) is 5.91 Å². The van der Waals surface area contributed by atoms with Gasteiger partial charge in [-0.15, -0.1) is 0 Å². The Labute approximate surface area is 153 Å². The second-order valence-electron chi connectivity index (χ2n) is 6.52. The number of fused-ring (bicyclic) bond motifs is 1. The predicted octanol–water partition coefficient (Wildman–Crippen LogP) is 3.61. The zero-order valence-corrected chi connectivity index (χ0v) is 15.6. The van der Waals surface area contributed by atoms with Gasteiger partial charge in [0.05, 0.1) is 29.0 Å². The Bertz CT molecular complexity index is 946. The molecule has 128 valence electrons. The maximum absolute atomic E-state index is 12.5. The van der Waals surface area contributed by atoms with Gasteiger partial charge in [-0.3, -0.25) is 9.78 Å². The molecule has 6 nitrogen and oxygen atoms in total. The Morgan fingerprint density at radius 3 is 2.76 bits per heavy atom. The topological polar surface area (TPSA) is 83.6 Å². The number of rotatable bonds is 4. The molecule has 1 atom stereocenters. The molecule has 2 N–H and O–H groups in total. The van der Waals surface area contributed by atoms with Gasteiger partial charge >= 0.3 is 0 Å². The lowest BCUT2D eigenvalue weighted by Crippen LogP contribution is -2.31. The Kier molecular flexibility index (Phi) is 4.03. The molecule has 1 aliphatic carbocycles. The molecule has 1 aromatic carbocycles. The van der Waals surface area contributed by atoms with Gasteiger partial charge < -0.3 is 10.3 Å². The van der Waals surface area contributed by atoms with E-state index in [9.17, 15) is 4.79 Å². The Balaban J connectivity index is 1.64. The third-order valence-corrected chi connectivity index (χ3v) is 5.41. The number of carbonyl (C=O) groups excluding carboxylic acids is 1. The molecule has 25 heavy (non-hydrogen) atoms. The smallest absolute Gasteiger partial charge is 0.272 e. The van der Waals surface area contributed by atoms with Crippen LogP contribution in [0.4, 0.5) is 0 Å². The molecule has 7 heteroatoms. The number of benzene rings is 1. The Hall–Kier alpha value is -2.28. The largest absolute Gasteiger partial charge is 0.340 e. The Morgan fingerprint density at radius 1 is 1.28 bits per heavy atom. The fourth-order valence-corrected chi connectivity index (χ4v) is 3.24. The van der Waals surface area contributed by atoms with Crippen molar-refractivity contribution in [2.45, 2.75) is 32.7 Å². The summed E-state index contributed by atoms with van der Waals surface area (Å²) in [6, 6.07) is 3.87. The third-order valence-electron chi connectivity index (χ3n) is 4.55. The number of amides is 1. The number of carbonyl (C=O) groups is 1. The van der Waals surface area contributed by atoms with E-state index in [1.807, 2.05) is 26.0 Å². The van der Waals surface area contributed by atoms with Crippen molar-refractivity contribution in [2.75, 3.05) is 0 Å². The highest BCUT2D eigenvalue weighted by Gasteiger charge is 2.36. The minimum Gasteiger partial charge on any atom is -0.340 e. The lowest BCUT2D eigenvalue weighted by atomic mass is 10.1. The van der Waals surface area contributed by atoms with Crippen LogP contribution < -0.4 is 5.32 Å². The normalized spacial score (nSPS) is 15.3. The van der Waals surface area contributed by atoms with Gasteiger partial charge in [-0.05, 0) is 50.3 Å². The number of nitrogens with zero attached hydrogens (tertiary/aromatic N) is 3. The minimum atomic E-state index is -0.220. The van der Waals surface area contributed by atoms with Crippen molar-refractivity contribution in [1.29, 1.82) is 0 Å². The van der Waals surface area contributed by atoms with Crippen molar-refractivity contribution in [3.63, 3.8) is 0 Å². The molecule has 1 saturated carbocycles. The quantitative estimate of drug-likeness (QED) is 0.701. The number of aromatic amines is 1. The van der Waals surface area contributed by atoms with E-state index in [4.69, 9.17) is 4.98 Å². The van der Waals surface area contributed by atoms with Crippen LogP contribution in [-0.2, 0) is 0 Å². The SMILES string of the molecule is Cc1cnc(C(=O)N[C@H](c2nc3c(C)c(Br)ccc3[nH]2)C2CC2)cn1. The van der Waals surface area contributed by atoms with E-state index in [0.717, 1.165) is 45.4 Å². The first kappa shape index (κ1) is 16.2. The fraction of sp³-hybridized carbons (Fsp3) is 0.333. The molecule has 0 spiro atoms. The summed E-state index contributed by atoms with van der Waals surface area (Å²) in [5.41, 5.74) is 4.11. The van der Waals surface area contributed by atoms with Crippen LogP contribution in [0.25, 0.3) is 11.0 Å². The van der Waals surface area contributed by atoms with Crippen LogP contribution >= 0.6 is 15.9 Å². The summed E-state index contributed by atoms with van der Waals surface area (Å²) < 4.78 is 1.03. The van der Waals surface area contributed by atoms with Gasteiger partial charge in [0.2, 0.25) is 0 Å². The number of imidazole rings is 1. The van der Waals surface area contributed by atoms with E-state index in [1.165, 1.54) is 6.20 Å². The molecule has 0 saturated heterocycles. The molecule has 1 fully saturated rings. The standard InChI is InChI=1S/C18H18BrN5O/c1-9-7-21-14(8-20-9)18(25)24-16(11-3-4-11)17-22-13-6-5-12(19)10(2)15(13)23-17/h5-8,11,16H,3-4H2,1-2H3,(H,22,23)(H,24,25)/t16-/m0/s1. The summed E-state index contributed by atoms with van der Waals surface area (Å²) in [6.45, 7) is 3.88. The zero-order valence-electron chi connectivity index (χ0n) is 14.0. The number of halogens is 1. The summed E-state index contributed by atoms with van der Waals surface area (Å²) in [5, 5.41) is 3.08. The van der Waals surface area contributed by atoms with Crippen LogP contribution in [0.1, 0.15) is 46.5 Å². The molecule has 3 aromatic rings. The molecule has 0 bridgehead atoms. The first-order valence-electron chi connectivity index (χ1n) is 8.27. The Morgan fingerprint density at radius 2 is 2.08 bits per heavy atom. The van der Waals surface area contributed by atoms with Crippen molar-refractivity contribution in [3.05, 3.63) is 51.8 Å². The lowest BCUT2D eigenvalue weighted by Gasteiger charge is -2.15. The molecule has 4 rings (SSSR count). The van der Waals surface area contributed by atoms with Crippen LogP contribution in [-0.4, -0.2) is 25.8 Å². The van der Waals surface area contributed by atoms with Crippen molar-refractivity contribution >= 4 is 32.9 Å². The summed E-state index contributed by atoms with van der Waals surface area (Å²) in [4.78, 5) is 29.0. The highest BCUT2D eigenvalue weighted by molar-refractivity contribution is 9.10. The maximum Gasteiger partial charge on any atom is 0.272 e. The van der Waals surface area contributed by atoms with E-state index in [1.54, 1.807) is 6.20 Å². The zero-order chi connectivity index (χ0) is 17.6. The number of aromatic nitrogens is 4. The van der Waals surface area contributed by atoms with Crippen LogP contribution in [0.15, 0.2) is 29.0 Å². The number of hydrogen-bond acceptors (Lipinski definition) is 4. The van der Waals surface area contributed by atoms with Crippen LogP contribution in [0, 0.1) is 19.8 Å². The highest BCUT2D eigenvalue weighted by atomic mass is 79.9. The molecule has 1 amide bonds. The molecule has 0 radical (unpaired) electrons. The first-order valence-corrected chi connectivity index (χ1v) is 9.06. The van der Waals surface area contributed by atoms with Gasteiger partial charge in [-0.2, -0.15) is 0 Å². The second-order valence-corrected chi connectivity index (χ2v) is 7.38. The molecule has 1 aliphatic rings. The first-order chi connectivity index (χ1) is 12.0. The van der Waals surface area contributed by atoms with E-state index in [0.29, 0.717) is 11.6 Å². The minimum absolute atomic E-state index is 0.138. The van der Waals surface area contributed by atoms with Crippen LogP contribution in [0.2, 0.25) is 0 Å². The molecule has 2 aromatic heterocycles. The van der Waals surface area contributed by atoms with Gasteiger partial charge in [0, 0.05) is 10.7 Å². The average Bonchev–Trinajstić information content (AvgIpc) is 3.35. The second kappa shape index (κ2) is 6.22. The van der Waals surface area contributed by atoms with Gasteiger partial charge in [-0.25, -0.2) is 9.97 Å². The van der Waals surface area contributed by atoms with Gasteiger partial charge in [0.1, 0.15) is 11.5 Å². The molecule has 0 unspecified atom stereocenters. The molecule has 2 heterocycles. The molecular formula is C18H18BrN5O. The van der Waals surface area contributed by atoms with E-state index < -0.39 is 0 Å². The highest BCUT2D eigenvalue weighted by Crippen LogP contribution is 2.41. The van der Waals surface area contributed by atoms with E-state index >= 15 is 0 Å². The number of hydrogen-bond donors (Lipinski definition) is 2. The van der Waals surface area contributed by atoms with E-state index in [-0.39, 0.29) is 11.9 Å². The van der Waals surface area contributed by atoms with Gasteiger partial charge in [-0.1, -0.05) is 15.9 Å². The van der Waals surface area contributed by atoms with E-state index in [2.05, 4.69) is 36.2 Å². The molecule has 0 aliphatic heterocycles. The number of nitrogens with one attached hydrogen (secondary N) is 2. The third kappa shape index (κ3) is 3.16. The van der Waals surface area contributed by atoms with Crippen molar-refractivity contribution in [3.8, 4) is 0 Å². The monoisotopic (exact) mass is 399 g/mol. The number of H-pyrrole nitrogens is 1. The van der Waals surface area contributed by atoms with Crippen molar-refractivity contribution < 1.29 is 4.79 Å². The summed E-state index contributed by atoms with van der Waals surface area (Å²) >= 11 is 3.54. The molecular weight excluding hydrogens is 382 g/mol. The van der Waals surface area contributed by atoms with Crippen LogP contribution in [0.3, 0.4) is 0 Å². The fourth-order valence-electron chi connectivity index (χ4n) is 2.92. The summed E-state index contributed by atoms with van der Waals surface area (Å²) in [7, 11) is 0. The number of aryl methyl sites for hydroxylation is 2. The van der Waals surface area contributed by atoms with Crippen LogP contribution in [0.5, 0.6) is 0 Å². The van der Waals surface area contributed by atoms with Crippen molar-refractivity contribution in [1.82, 2.24) is 25.3 Å². The summed E-state index contributed by atoms with van der Waals surface area (Å²) in [5.74, 6) is 0.988. The van der Waals surface area contributed by atoms with Crippen molar-refractivity contribution in [2.24, 2.45) is 5.92 Å². The predicted molar refractivity (Wildman–Crippen MR) is 98.2 cm³/mol. The lowest BCUT2D eigenvalue weighted by molar-refractivity contribution is 0.0924.